The highest BCUT2D eigenvalue weighted by Crippen LogP contribution is 2.26. The molecule has 1 atom stereocenters. The third kappa shape index (κ3) is 7.14. The maximum Gasteiger partial charge on any atom is 0.270 e. The molecule has 1 saturated heterocycles. The molecule has 1 aromatic rings. The number of rotatable bonds is 9. The number of nitrogens with zero attached hydrogens (tertiary/aromatic N) is 6. The number of hydrogen-bond donors (Lipinski definition) is 3. The first kappa shape index (κ1) is 21.1. The zero-order chi connectivity index (χ0) is 19.5. The van der Waals surface area contributed by atoms with Gasteiger partial charge in [0.25, 0.3) is 5.88 Å². The molecule has 1 aliphatic heterocycles. The average molecular weight is 398 g/mol. The molecule has 12 heteroatoms. The molecule has 3 N–H and O–H groups in total. The van der Waals surface area contributed by atoms with Crippen LogP contribution in [0.4, 0.5) is 5.82 Å². The molecule has 0 aliphatic carbocycles. The quantitative estimate of drug-likeness (QED) is 0.151. The highest BCUT2D eigenvalue weighted by Gasteiger charge is 2.20. The number of guanidine groups is 1. The second-order valence-electron chi connectivity index (χ2n) is 6.00. The smallest absolute Gasteiger partial charge is 0.270 e. The van der Waals surface area contributed by atoms with E-state index in [1.165, 1.54) is 0 Å². The van der Waals surface area contributed by atoms with Crippen LogP contribution in [0.15, 0.2) is 4.99 Å². The molecule has 0 amide bonds. The van der Waals surface area contributed by atoms with Crippen molar-refractivity contribution < 1.29 is 14.6 Å². The van der Waals surface area contributed by atoms with Gasteiger partial charge in [0, 0.05) is 40.3 Å². The van der Waals surface area contributed by atoms with Crippen LogP contribution in [-0.2, 0) is 4.74 Å². The number of aliphatic hydroxyl groups excluding tert-OH is 1. The first-order valence-electron chi connectivity index (χ1n) is 8.65. The molecule has 27 heavy (non-hydrogen) atoms. The van der Waals surface area contributed by atoms with Crippen LogP contribution in [0.2, 0.25) is 0 Å². The summed E-state index contributed by atoms with van der Waals surface area (Å²) in [5, 5.41) is 24.3. The van der Waals surface area contributed by atoms with E-state index >= 15 is 0 Å². The van der Waals surface area contributed by atoms with Crippen LogP contribution in [0.3, 0.4) is 0 Å². The van der Waals surface area contributed by atoms with Crippen LogP contribution >= 0.6 is 11.7 Å². The van der Waals surface area contributed by atoms with E-state index in [4.69, 9.17) is 14.7 Å². The molecule has 150 valence electrons. The van der Waals surface area contributed by atoms with Gasteiger partial charge >= 0.3 is 0 Å². The van der Waals surface area contributed by atoms with Gasteiger partial charge in [-0.3, -0.25) is 10.3 Å². The Balaban J connectivity index is 1.67. The van der Waals surface area contributed by atoms with Crippen LogP contribution in [0, 0.1) is 11.5 Å². The maximum atomic E-state index is 10.1. The van der Waals surface area contributed by atoms with Crippen molar-refractivity contribution in [3.8, 4) is 12.1 Å². The van der Waals surface area contributed by atoms with Gasteiger partial charge in [0.2, 0.25) is 11.8 Å². The van der Waals surface area contributed by atoms with Gasteiger partial charge in [-0.25, -0.2) is 0 Å². The van der Waals surface area contributed by atoms with Crippen LogP contribution in [-0.4, -0.2) is 97.5 Å². The van der Waals surface area contributed by atoms with E-state index in [9.17, 15) is 5.11 Å². The predicted molar refractivity (Wildman–Crippen MR) is 102 cm³/mol. The first-order valence-corrected chi connectivity index (χ1v) is 9.38. The van der Waals surface area contributed by atoms with E-state index < -0.39 is 6.10 Å². The highest BCUT2D eigenvalue weighted by atomic mass is 32.1. The summed E-state index contributed by atoms with van der Waals surface area (Å²) in [6.07, 6.45) is 1.16. The number of morpholine rings is 1. The first-order chi connectivity index (χ1) is 13.1. The summed E-state index contributed by atoms with van der Waals surface area (Å²) in [5.74, 6) is 1.65. The van der Waals surface area contributed by atoms with Crippen molar-refractivity contribution in [3.63, 3.8) is 0 Å². The number of anilines is 1. The molecule has 0 spiro atoms. The van der Waals surface area contributed by atoms with Gasteiger partial charge in [-0.2, -0.15) is 9.64 Å². The van der Waals surface area contributed by atoms with E-state index in [0.717, 1.165) is 24.8 Å². The van der Waals surface area contributed by atoms with Crippen molar-refractivity contribution >= 4 is 23.5 Å². The van der Waals surface area contributed by atoms with Crippen LogP contribution in [0.1, 0.15) is 0 Å². The number of aliphatic imine (C=N–C) groups is 1. The van der Waals surface area contributed by atoms with Gasteiger partial charge in [0.1, 0.15) is 12.7 Å². The lowest BCUT2D eigenvalue weighted by atomic mass is 10.3. The standard InChI is InChI=1S/C15H26N8O3S/c1-22(2)15(19-11-16)18-4-3-17-9-12(24)10-26-14-13(20-27-21-14)23-5-7-25-8-6-23/h12,17,24H,3-10H2,1-2H3,(H,18,19). The summed E-state index contributed by atoms with van der Waals surface area (Å²) in [5.41, 5.74) is 0. The molecule has 1 unspecified atom stereocenters. The number of ether oxygens (including phenoxy) is 2. The fourth-order valence-corrected chi connectivity index (χ4v) is 2.84. The fraction of sp³-hybridized carbons (Fsp3) is 0.733. The van der Waals surface area contributed by atoms with Crippen molar-refractivity contribution in [2.45, 2.75) is 6.10 Å². The van der Waals surface area contributed by atoms with Gasteiger partial charge in [0.05, 0.1) is 31.5 Å². The zero-order valence-electron chi connectivity index (χ0n) is 15.6. The molecule has 1 aromatic heterocycles. The number of aliphatic hydroxyl groups is 1. The molecular formula is C15H26N8O3S. The third-order valence-corrected chi connectivity index (χ3v) is 4.19. The minimum Gasteiger partial charge on any atom is -0.472 e. The summed E-state index contributed by atoms with van der Waals surface area (Å²) in [6.45, 7) is 4.35. The van der Waals surface area contributed by atoms with Crippen LogP contribution < -0.4 is 20.3 Å². The van der Waals surface area contributed by atoms with E-state index in [-0.39, 0.29) is 6.61 Å². The largest absolute Gasteiger partial charge is 0.472 e. The van der Waals surface area contributed by atoms with Gasteiger partial charge in [-0.05, 0) is 0 Å². The lowest BCUT2D eigenvalue weighted by Crippen LogP contribution is -2.37. The van der Waals surface area contributed by atoms with Crippen molar-refractivity contribution in [1.82, 2.24) is 24.3 Å². The molecule has 1 fully saturated rings. The Kier molecular flexibility index (Phi) is 8.99. The molecule has 2 heterocycles. The molecule has 0 radical (unpaired) electrons. The van der Waals surface area contributed by atoms with Crippen LogP contribution in [0.5, 0.6) is 5.88 Å². The molecule has 2 rings (SSSR count). The Morgan fingerprint density at radius 3 is 2.96 bits per heavy atom. The molecular weight excluding hydrogens is 372 g/mol. The Morgan fingerprint density at radius 1 is 1.48 bits per heavy atom. The Hall–Kier alpha value is -2.20. The Morgan fingerprint density at radius 2 is 2.26 bits per heavy atom. The Bertz CT molecular complexity index is 627. The minimum absolute atomic E-state index is 0.123. The summed E-state index contributed by atoms with van der Waals surface area (Å²) < 4.78 is 19.4. The van der Waals surface area contributed by atoms with Gasteiger partial charge in [0.15, 0.2) is 6.19 Å². The fourth-order valence-electron chi connectivity index (χ4n) is 2.32. The predicted octanol–water partition coefficient (Wildman–Crippen LogP) is -1.31. The van der Waals surface area contributed by atoms with E-state index in [0.29, 0.717) is 50.5 Å². The van der Waals surface area contributed by atoms with E-state index in [1.807, 2.05) is 6.19 Å². The summed E-state index contributed by atoms with van der Waals surface area (Å²) in [6, 6.07) is 0. The minimum atomic E-state index is -0.682. The third-order valence-electron chi connectivity index (χ3n) is 3.69. The number of hydrogen-bond acceptors (Lipinski definition) is 10. The topological polar surface area (TPSA) is 131 Å². The second kappa shape index (κ2) is 11.5. The van der Waals surface area contributed by atoms with Gasteiger partial charge in [-0.1, -0.05) is 0 Å². The van der Waals surface area contributed by atoms with Crippen molar-refractivity contribution in [1.29, 1.82) is 5.26 Å². The number of nitriles is 1. The van der Waals surface area contributed by atoms with Crippen molar-refractivity contribution in [2.24, 2.45) is 4.99 Å². The van der Waals surface area contributed by atoms with Gasteiger partial charge in [-0.15, -0.1) is 4.37 Å². The van der Waals surface area contributed by atoms with Crippen molar-refractivity contribution in [2.75, 3.05) is 71.5 Å². The van der Waals surface area contributed by atoms with E-state index in [1.54, 1.807) is 19.0 Å². The number of aromatic nitrogens is 2. The normalized spacial score (nSPS) is 15.9. The molecule has 11 nitrogen and oxygen atoms in total. The zero-order valence-corrected chi connectivity index (χ0v) is 16.4. The summed E-state index contributed by atoms with van der Waals surface area (Å²) >= 11 is 1.09. The molecule has 1 aliphatic rings. The number of nitrogens with one attached hydrogen (secondary N) is 2. The SMILES string of the molecule is CN(C)C(=NCCNCC(O)COc1nsnc1N1CCOCC1)NC#N. The molecule has 0 bridgehead atoms. The lowest BCUT2D eigenvalue weighted by Gasteiger charge is -2.26. The summed E-state index contributed by atoms with van der Waals surface area (Å²) in [4.78, 5) is 8.05. The highest BCUT2D eigenvalue weighted by molar-refractivity contribution is 6.99. The van der Waals surface area contributed by atoms with E-state index in [2.05, 4.69) is 29.3 Å². The monoisotopic (exact) mass is 398 g/mol. The molecule has 0 saturated carbocycles. The van der Waals surface area contributed by atoms with Gasteiger partial charge < -0.3 is 29.7 Å². The lowest BCUT2D eigenvalue weighted by molar-refractivity contribution is 0.103. The summed E-state index contributed by atoms with van der Waals surface area (Å²) in [7, 11) is 3.60. The average Bonchev–Trinajstić information content (AvgIpc) is 3.14. The second-order valence-corrected chi connectivity index (χ2v) is 6.53. The maximum absolute atomic E-state index is 10.1. The van der Waals surface area contributed by atoms with Crippen molar-refractivity contribution in [3.05, 3.63) is 0 Å². The van der Waals surface area contributed by atoms with Crippen LogP contribution in [0.25, 0.3) is 0 Å². The Labute approximate surface area is 162 Å². The molecule has 0 aromatic carbocycles.